The minimum Gasteiger partial charge on any atom is -0.449 e. The lowest BCUT2D eigenvalue weighted by molar-refractivity contribution is -0.150. The van der Waals surface area contributed by atoms with Crippen LogP contribution in [0, 0.1) is 0 Å². The van der Waals surface area contributed by atoms with E-state index in [1.165, 1.54) is 17.7 Å². The lowest BCUT2D eigenvalue weighted by Gasteiger charge is -2.18. The zero-order chi connectivity index (χ0) is 20.6. The average molecular weight is 392 g/mol. The van der Waals surface area contributed by atoms with Gasteiger partial charge in [0.05, 0.1) is 0 Å². The number of oxazole rings is 1. The van der Waals surface area contributed by atoms with Crippen molar-refractivity contribution < 1.29 is 18.7 Å². The average Bonchev–Trinajstić information content (AvgIpc) is 3.16. The summed E-state index contributed by atoms with van der Waals surface area (Å²) in [5.41, 5.74) is 2.51. The van der Waals surface area contributed by atoms with E-state index >= 15 is 0 Å². The molecule has 3 aromatic rings. The Balaban J connectivity index is 1.50. The predicted octanol–water partition coefficient (Wildman–Crippen LogP) is 4.08. The third kappa shape index (κ3) is 5.54. The molecule has 1 aromatic heterocycles. The number of benzene rings is 2. The van der Waals surface area contributed by atoms with Gasteiger partial charge in [-0.2, -0.15) is 0 Å². The van der Waals surface area contributed by atoms with E-state index in [2.05, 4.69) is 17.2 Å². The molecule has 1 N–H and O–H groups in total. The number of aromatic nitrogens is 1. The maximum atomic E-state index is 12.3. The standard InChI is InChI=1S/C23H24N2O4/c1-3-17(18-9-5-4-6-10-18)15-24-23(27)16(2)28-22(26)14-13-21-25-19-11-7-8-12-20(19)29-21/h4-14,16-17H,3,15H2,1-2H3,(H,24,27)/b14-13+/t16-,17+/m0/s1. The van der Waals surface area contributed by atoms with E-state index in [0.717, 1.165) is 6.42 Å². The Morgan fingerprint density at radius 1 is 1.14 bits per heavy atom. The summed E-state index contributed by atoms with van der Waals surface area (Å²) in [4.78, 5) is 28.5. The fourth-order valence-electron chi connectivity index (χ4n) is 2.96. The molecule has 6 heteroatoms. The third-order valence-corrected chi connectivity index (χ3v) is 4.62. The first-order valence-electron chi connectivity index (χ1n) is 9.63. The molecule has 2 aromatic carbocycles. The van der Waals surface area contributed by atoms with Crippen LogP contribution in [-0.4, -0.2) is 29.5 Å². The maximum Gasteiger partial charge on any atom is 0.331 e. The normalized spacial score (nSPS) is 13.3. The first kappa shape index (κ1) is 20.3. The Labute approximate surface area is 169 Å². The second-order valence-corrected chi connectivity index (χ2v) is 6.69. The molecule has 0 saturated heterocycles. The van der Waals surface area contributed by atoms with Gasteiger partial charge in [-0.3, -0.25) is 4.79 Å². The van der Waals surface area contributed by atoms with E-state index in [4.69, 9.17) is 9.15 Å². The number of fused-ring (bicyclic) bond motifs is 1. The fraction of sp³-hybridized carbons (Fsp3) is 0.261. The molecule has 0 unspecified atom stereocenters. The molecule has 0 radical (unpaired) electrons. The Kier molecular flexibility index (Phi) is 6.79. The van der Waals surface area contributed by atoms with Crippen molar-refractivity contribution in [3.63, 3.8) is 0 Å². The highest BCUT2D eigenvalue weighted by atomic mass is 16.5. The summed E-state index contributed by atoms with van der Waals surface area (Å²) < 4.78 is 10.7. The molecule has 0 spiro atoms. The first-order chi connectivity index (χ1) is 14.1. The molecule has 0 bridgehead atoms. The minimum atomic E-state index is -0.899. The molecule has 150 valence electrons. The van der Waals surface area contributed by atoms with E-state index in [1.54, 1.807) is 13.0 Å². The summed E-state index contributed by atoms with van der Waals surface area (Å²) in [5.74, 6) is -0.455. The molecule has 0 aliphatic carbocycles. The summed E-state index contributed by atoms with van der Waals surface area (Å²) in [6, 6.07) is 17.3. The Bertz CT molecular complexity index is 961. The SMILES string of the molecule is CC[C@H](CNC(=O)[C@H](C)OC(=O)/C=C/c1nc2ccccc2o1)c1ccccc1. The monoisotopic (exact) mass is 392 g/mol. The molecule has 6 nitrogen and oxygen atoms in total. The molecule has 0 saturated carbocycles. The van der Waals surface area contributed by atoms with Gasteiger partial charge >= 0.3 is 5.97 Å². The second kappa shape index (κ2) is 9.68. The van der Waals surface area contributed by atoms with Crippen LogP contribution in [0.1, 0.15) is 37.6 Å². The number of nitrogens with one attached hydrogen (secondary N) is 1. The number of hydrogen-bond acceptors (Lipinski definition) is 5. The number of esters is 1. The molecule has 0 aliphatic heterocycles. The van der Waals surface area contributed by atoms with Gasteiger partial charge in [-0.15, -0.1) is 0 Å². The van der Waals surface area contributed by atoms with Crippen LogP contribution < -0.4 is 5.32 Å². The third-order valence-electron chi connectivity index (χ3n) is 4.62. The van der Waals surface area contributed by atoms with Crippen LogP contribution in [0.25, 0.3) is 17.2 Å². The molecule has 0 aliphatic rings. The topological polar surface area (TPSA) is 81.4 Å². The van der Waals surface area contributed by atoms with E-state index in [9.17, 15) is 9.59 Å². The van der Waals surface area contributed by atoms with E-state index in [0.29, 0.717) is 23.5 Å². The zero-order valence-corrected chi connectivity index (χ0v) is 16.5. The molecule has 1 heterocycles. The van der Waals surface area contributed by atoms with Crippen molar-refractivity contribution in [3.8, 4) is 0 Å². The van der Waals surface area contributed by atoms with E-state index < -0.39 is 12.1 Å². The summed E-state index contributed by atoms with van der Waals surface area (Å²) >= 11 is 0. The van der Waals surface area contributed by atoms with Crippen molar-refractivity contribution >= 4 is 29.1 Å². The van der Waals surface area contributed by atoms with Gasteiger partial charge in [-0.05, 0) is 31.0 Å². The van der Waals surface area contributed by atoms with Crippen LogP contribution in [0.2, 0.25) is 0 Å². The van der Waals surface area contributed by atoms with Crippen molar-refractivity contribution in [2.24, 2.45) is 0 Å². The van der Waals surface area contributed by atoms with Crippen LogP contribution >= 0.6 is 0 Å². The van der Waals surface area contributed by atoms with Crippen molar-refractivity contribution in [2.45, 2.75) is 32.3 Å². The van der Waals surface area contributed by atoms with Crippen LogP contribution in [0.4, 0.5) is 0 Å². The van der Waals surface area contributed by atoms with Crippen LogP contribution in [0.5, 0.6) is 0 Å². The summed E-state index contributed by atoms with van der Waals surface area (Å²) in [7, 11) is 0. The van der Waals surface area contributed by atoms with E-state index in [-0.39, 0.29) is 11.8 Å². The van der Waals surface area contributed by atoms with Crippen LogP contribution in [0.15, 0.2) is 65.1 Å². The minimum absolute atomic E-state index is 0.210. The van der Waals surface area contributed by atoms with Gasteiger partial charge in [0.1, 0.15) is 5.52 Å². The van der Waals surface area contributed by atoms with Gasteiger partial charge in [0.15, 0.2) is 11.7 Å². The van der Waals surface area contributed by atoms with Gasteiger partial charge in [0, 0.05) is 24.6 Å². The number of ether oxygens (including phenoxy) is 1. The van der Waals surface area contributed by atoms with Crippen molar-refractivity contribution in [1.29, 1.82) is 0 Å². The number of rotatable bonds is 8. The highest BCUT2D eigenvalue weighted by Crippen LogP contribution is 2.18. The van der Waals surface area contributed by atoms with Gasteiger partial charge < -0.3 is 14.5 Å². The summed E-state index contributed by atoms with van der Waals surface area (Å²) in [5, 5.41) is 2.86. The molecular formula is C23H24N2O4. The lowest BCUT2D eigenvalue weighted by Crippen LogP contribution is -2.37. The molecule has 1 amide bonds. The fourth-order valence-corrected chi connectivity index (χ4v) is 2.96. The molecule has 29 heavy (non-hydrogen) atoms. The van der Waals surface area contributed by atoms with Crippen LogP contribution in [0.3, 0.4) is 0 Å². The Hall–Kier alpha value is -3.41. The Morgan fingerprint density at radius 3 is 2.59 bits per heavy atom. The highest BCUT2D eigenvalue weighted by molar-refractivity contribution is 5.90. The van der Waals surface area contributed by atoms with E-state index in [1.807, 2.05) is 48.5 Å². The summed E-state index contributed by atoms with van der Waals surface area (Å²) in [6.45, 7) is 4.11. The number of carbonyl (C=O) groups excluding carboxylic acids is 2. The van der Waals surface area contributed by atoms with Gasteiger partial charge in [0.2, 0.25) is 5.89 Å². The number of para-hydroxylation sites is 2. The quantitative estimate of drug-likeness (QED) is 0.461. The maximum absolute atomic E-state index is 12.3. The Morgan fingerprint density at radius 2 is 1.86 bits per heavy atom. The molecule has 0 fully saturated rings. The van der Waals surface area contributed by atoms with Crippen molar-refractivity contribution in [2.75, 3.05) is 6.54 Å². The lowest BCUT2D eigenvalue weighted by atomic mass is 9.96. The number of carbonyl (C=O) groups is 2. The second-order valence-electron chi connectivity index (χ2n) is 6.69. The molecule has 2 atom stereocenters. The summed E-state index contributed by atoms with van der Waals surface area (Å²) in [6.07, 6.45) is 2.62. The van der Waals surface area contributed by atoms with Gasteiger partial charge in [-0.1, -0.05) is 49.4 Å². The zero-order valence-electron chi connectivity index (χ0n) is 16.5. The van der Waals surface area contributed by atoms with Gasteiger partial charge in [-0.25, -0.2) is 9.78 Å². The van der Waals surface area contributed by atoms with Crippen molar-refractivity contribution in [1.82, 2.24) is 10.3 Å². The number of nitrogens with zero attached hydrogens (tertiary/aromatic N) is 1. The van der Waals surface area contributed by atoms with Gasteiger partial charge in [0.25, 0.3) is 5.91 Å². The van der Waals surface area contributed by atoms with Crippen molar-refractivity contribution in [3.05, 3.63) is 72.1 Å². The smallest absolute Gasteiger partial charge is 0.331 e. The molecule has 3 rings (SSSR count). The first-order valence-corrected chi connectivity index (χ1v) is 9.63. The number of amides is 1. The predicted molar refractivity (Wildman–Crippen MR) is 111 cm³/mol. The number of hydrogen-bond donors (Lipinski definition) is 1. The van der Waals surface area contributed by atoms with Crippen LogP contribution in [-0.2, 0) is 14.3 Å². The highest BCUT2D eigenvalue weighted by Gasteiger charge is 2.18. The largest absolute Gasteiger partial charge is 0.449 e. The molecular weight excluding hydrogens is 368 g/mol.